The van der Waals surface area contributed by atoms with E-state index in [-0.39, 0.29) is 11.8 Å². The van der Waals surface area contributed by atoms with Crippen LogP contribution in [0.5, 0.6) is 0 Å². The molecule has 0 atom stereocenters. The number of hydrogen-bond acceptors (Lipinski definition) is 4. The summed E-state index contributed by atoms with van der Waals surface area (Å²) in [5, 5.41) is 2.86. The quantitative estimate of drug-likeness (QED) is 0.778. The van der Waals surface area contributed by atoms with Crippen LogP contribution in [0.2, 0.25) is 8.67 Å². The SMILES string of the molecule is O=C(NCC1CCN(S(=O)(=O)c2ccccc2)CC1)c1cc(Cl)sc1Cl. The van der Waals surface area contributed by atoms with Crippen molar-refractivity contribution in [2.24, 2.45) is 5.92 Å². The van der Waals surface area contributed by atoms with E-state index in [4.69, 9.17) is 23.2 Å². The van der Waals surface area contributed by atoms with Crippen LogP contribution < -0.4 is 5.32 Å². The standard InChI is InChI=1S/C17H18Cl2N2O3S2/c18-15-10-14(16(19)25-15)17(22)20-11-12-6-8-21(9-7-12)26(23,24)13-4-2-1-3-5-13/h1-5,10,12H,6-9,11H2,(H,20,22). The second kappa shape index (κ2) is 8.27. The number of hydrogen-bond donors (Lipinski definition) is 1. The van der Waals surface area contributed by atoms with Gasteiger partial charge in [-0.15, -0.1) is 11.3 Å². The molecule has 1 fully saturated rings. The molecule has 1 aliphatic heterocycles. The first kappa shape index (κ1) is 19.6. The monoisotopic (exact) mass is 432 g/mol. The molecule has 1 amide bonds. The number of carbonyl (C=O) groups is 1. The molecular formula is C17H18Cl2N2O3S2. The third-order valence-electron chi connectivity index (χ3n) is 4.41. The van der Waals surface area contributed by atoms with Crippen LogP contribution in [-0.4, -0.2) is 38.3 Å². The number of rotatable bonds is 5. The molecule has 0 saturated carbocycles. The fourth-order valence-corrected chi connectivity index (χ4v) is 5.87. The summed E-state index contributed by atoms with van der Waals surface area (Å²) in [6, 6.07) is 10.0. The molecular weight excluding hydrogens is 415 g/mol. The number of halogens is 2. The lowest BCUT2D eigenvalue weighted by atomic mass is 9.98. The van der Waals surface area contributed by atoms with Crippen LogP contribution in [0.25, 0.3) is 0 Å². The Bertz CT molecular complexity index is 877. The Hall–Kier alpha value is -1.12. The number of piperidine rings is 1. The molecule has 140 valence electrons. The number of carbonyl (C=O) groups excluding carboxylic acids is 1. The van der Waals surface area contributed by atoms with Crippen molar-refractivity contribution in [1.82, 2.24) is 9.62 Å². The molecule has 1 aromatic carbocycles. The topological polar surface area (TPSA) is 66.5 Å². The maximum atomic E-state index is 12.6. The maximum Gasteiger partial charge on any atom is 0.253 e. The van der Waals surface area contributed by atoms with Gasteiger partial charge in [0.05, 0.1) is 14.8 Å². The van der Waals surface area contributed by atoms with E-state index >= 15 is 0 Å². The normalized spacial score (nSPS) is 16.5. The van der Waals surface area contributed by atoms with E-state index in [1.807, 2.05) is 0 Å². The lowest BCUT2D eigenvalue weighted by Gasteiger charge is -2.31. The summed E-state index contributed by atoms with van der Waals surface area (Å²) < 4.78 is 27.6. The van der Waals surface area contributed by atoms with Crippen molar-refractivity contribution in [2.75, 3.05) is 19.6 Å². The first-order valence-corrected chi connectivity index (χ1v) is 11.2. The molecule has 0 unspecified atom stereocenters. The van der Waals surface area contributed by atoms with Gasteiger partial charge >= 0.3 is 0 Å². The highest BCUT2D eigenvalue weighted by atomic mass is 35.5. The van der Waals surface area contributed by atoms with Gasteiger partial charge in [0.15, 0.2) is 0 Å². The van der Waals surface area contributed by atoms with Crippen LogP contribution in [-0.2, 0) is 10.0 Å². The first-order chi connectivity index (χ1) is 12.4. The predicted molar refractivity (Wildman–Crippen MR) is 105 cm³/mol. The molecule has 3 rings (SSSR count). The minimum atomic E-state index is -3.45. The van der Waals surface area contributed by atoms with Gasteiger partial charge in [-0.05, 0) is 37.0 Å². The van der Waals surface area contributed by atoms with Gasteiger partial charge in [-0.25, -0.2) is 8.42 Å². The molecule has 1 aromatic heterocycles. The van der Waals surface area contributed by atoms with Crippen molar-refractivity contribution in [1.29, 1.82) is 0 Å². The molecule has 1 N–H and O–H groups in total. The number of amides is 1. The van der Waals surface area contributed by atoms with E-state index in [0.29, 0.717) is 51.6 Å². The lowest BCUT2D eigenvalue weighted by molar-refractivity contribution is 0.0942. The largest absolute Gasteiger partial charge is 0.352 e. The van der Waals surface area contributed by atoms with Crippen molar-refractivity contribution >= 4 is 50.5 Å². The smallest absolute Gasteiger partial charge is 0.253 e. The van der Waals surface area contributed by atoms with Crippen LogP contribution in [0.3, 0.4) is 0 Å². The van der Waals surface area contributed by atoms with Crippen LogP contribution in [0.4, 0.5) is 0 Å². The summed E-state index contributed by atoms with van der Waals surface area (Å²) >= 11 is 13.0. The average molecular weight is 433 g/mol. The van der Waals surface area contributed by atoms with E-state index in [2.05, 4.69) is 5.32 Å². The van der Waals surface area contributed by atoms with Crippen molar-refractivity contribution in [3.05, 3.63) is 50.6 Å². The molecule has 1 aliphatic rings. The first-order valence-electron chi connectivity index (χ1n) is 8.16. The fraction of sp³-hybridized carbons (Fsp3) is 0.353. The van der Waals surface area contributed by atoms with Crippen molar-refractivity contribution in [3.8, 4) is 0 Å². The van der Waals surface area contributed by atoms with Gasteiger partial charge in [-0.1, -0.05) is 41.4 Å². The van der Waals surface area contributed by atoms with Gasteiger partial charge in [0.2, 0.25) is 10.0 Å². The van der Waals surface area contributed by atoms with Gasteiger partial charge < -0.3 is 5.32 Å². The molecule has 2 aromatic rings. The summed E-state index contributed by atoms with van der Waals surface area (Å²) in [6.07, 6.45) is 1.40. The van der Waals surface area contributed by atoms with Crippen molar-refractivity contribution in [3.63, 3.8) is 0 Å². The van der Waals surface area contributed by atoms with E-state index in [9.17, 15) is 13.2 Å². The summed E-state index contributed by atoms with van der Waals surface area (Å²) in [7, 11) is -3.45. The van der Waals surface area contributed by atoms with Crippen molar-refractivity contribution < 1.29 is 13.2 Å². The van der Waals surface area contributed by atoms with Gasteiger partial charge in [0, 0.05) is 19.6 Å². The van der Waals surface area contributed by atoms with Crippen LogP contribution in [0, 0.1) is 5.92 Å². The Morgan fingerprint density at radius 2 is 1.85 bits per heavy atom. The number of sulfonamides is 1. The van der Waals surface area contributed by atoms with Crippen LogP contribution in [0.1, 0.15) is 23.2 Å². The molecule has 5 nitrogen and oxygen atoms in total. The highest BCUT2D eigenvalue weighted by Gasteiger charge is 2.29. The van der Waals surface area contributed by atoms with E-state index in [0.717, 1.165) is 11.3 Å². The van der Waals surface area contributed by atoms with Crippen LogP contribution in [0.15, 0.2) is 41.3 Å². The van der Waals surface area contributed by atoms with Gasteiger partial charge in [0.25, 0.3) is 5.91 Å². The number of nitrogens with zero attached hydrogens (tertiary/aromatic N) is 1. The average Bonchev–Trinajstić information content (AvgIpc) is 2.99. The van der Waals surface area contributed by atoms with E-state index in [1.54, 1.807) is 36.4 Å². The van der Waals surface area contributed by atoms with Crippen LogP contribution >= 0.6 is 34.5 Å². The Morgan fingerprint density at radius 1 is 1.19 bits per heavy atom. The zero-order chi connectivity index (χ0) is 18.7. The molecule has 9 heteroatoms. The molecule has 26 heavy (non-hydrogen) atoms. The van der Waals surface area contributed by atoms with Gasteiger partial charge in [-0.2, -0.15) is 4.31 Å². The Morgan fingerprint density at radius 3 is 2.42 bits per heavy atom. The summed E-state index contributed by atoms with van der Waals surface area (Å²) in [5.74, 6) is -0.0217. The van der Waals surface area contributed by atoms with E-state index < -0.39 is 10.0 Å². The van der Waals surface area contributed by atoms with Gasteiger partial charge in [0.1, 0.15) is 4.34 Å². The second-order valence-electron chi connectivity index (χ2n) is 6.11. The minimum Gasteiger partial charge on any atom is -0.352 e. The summed E-state index contributed by atoms with van der Waals surface area (Å²) in [6.45, 7) is 1.38. The highest BCUT2D eigenvalue weighted by Crippen LogP contribution is 2.31. The molecule has 1 saturated heterocycles. The molecule has 0 spiro atoms. The number of nitrogens with one attached hydrogen (secondary N) is 1. The summed E-state index contributed by atoms with van der Waals surface area (Å²) in [5.41, 5.74) is 0.380. The summed E-state index contributed by atoms with van der Waals surface area (Å²) in [4.78, 5) is 12.5. The zero-order valence-corrected chi connectivity index (χ0v) is 17.0. The highest BCUT2D eigenvalue weighted by molar-refractivity contribution is 7.89. The Balaban J connectivity index is 1.53. The Kier molecular flexibility index (Phi) is 6.25. The third kappa shape index (κ3) is 4.40. The number of thiophene rings is 1. The van der Waals surface area contributed by atoms with E-state index in [1.165, 1.54) is 4.31 Å². The molecule has 0 radical (unpaired) electrons. The van der Waals surface area contributed by atoms with Gasteiger partial charge in [-0.3, -0.25) is 4.79 Å². The lowest BCUT2D eigenvalue weighted by Crippen LogP contribution is -2.41. The number of benzene rings is 1. The predicted octanol–water partition coefficient (Wildman–Crippen LogP) is 3.89. The third-order valence-corrected chi connectivity index (χ3v) is 7.81. The zero-order valence-electron chi connectivity index (χ0n) is 13.8. The minimum absolute atomic E-state index is 0.231. The molecule has 0 aliphatic carbocycles. The maximum absolute atomic E-state index is 12.6. The fourth-order valence-electron chi connectivity index (χ4n) is 2.92. The second-order valence-corrected chi connectivity index (χ2v) is 10.3. The molecule has 0 bridgehead atoms. The Labute approximate surface area is 167 Å². The molecule has 2 heterocycles. The van der Waals surface area contributed by atoms with Crippen molar-refractivity contribution in [2.45, 2.75) is 17.7 Å².